The van der Waals surface area contributed by atoms with E-state index in [1.165, 1.54) is 6.26 Å². The molecule has 182 valence electrons. The number of anilines is 3. The number of carbonyl (C=O) groups is 1. The largest absolute Gasteiger partial charge is 0.486 e. The van der Waals surface area contributed by atoms with Gasteiger partial charge in [0.1, 0.15) is 23.4 Å². The number of piperidine rings is 1. The molecule has 0 unspecified atom stereocenters. The van der Waals surface area contributed by atoms with Crippen molar-refractivity contribution in [3.63, 3.8) is 0 Å². The van der Waals surface area contributed by atoms with E-state index in [4.69, 9.17) is 19.6 Å². The first-order chi connectivity index (χ1) is 17.1. The lowest BCUT2D eigenvalue weighted by Gasteiger charge is -2.33. The second-order valence-corrected chi connectivity index (χ2v) is 9.25. The fourth-order valence-electron chi connectivity index (χ4n) is 5.07. The Bertz CT molecular complexity index is 1250. The normalized spacial score (nSPS) is 18.8. The molecule has 1 spiro atoms. The molecule has 3 aromatic rings. The van der Waals surface area contributed by atoms with Gasteiger partial charge in [0.05, 0.1) is 24.6 Å². The topological polar surface area (TPSA) is 128 Å². The van der Waals surface area contributed by atoms with Crippen LogP contribution in [-0.2, 0) is 11.2 Å². The van der Waals surface area contributed by atoms with E-state index in [2.05, 4.69) is 37.6 Å². The van der Waals surface area contributed by atoms with Crippen LogP contribution in [0.3, 0.4) is 0 Å². The number of hydrogen-bond acceptors (Lipinski definition) is 9. The number of hydrogen-bond donors (Lipinski definition) is 3. The van der Waals surface area contributed by atoms with Crippen molar-refractivity contribution in [1.29, 1.82) is 0 Å². The standard InChI is InChI=1S/C25H28N6O4/c26-22-12-16(1-4-28-22)24-30-19(15-34-24)23(32)29-18-11-17-14-25(2-5-27-6-3-25)35-21(17)13-20(18)31-7-9-33-10-8-31/h1,4,11-13,15,27H,2-3,5-10,14H2,(H2,26,28)(H,29,32). The van der Waals surface area contributed by atoms with Crippen molar-refractivity contribution in [3.05, 3.63) is 48.0 Å². The van der Waals surface area contributed by atoms with Crippen LogP contribution in [0.4, 0.5) is 17.2 Å². The molecule has 3 aliphatic heterocycles. The molecule has 0 saturated carbocycles. The van der Waals surface area contributed by atoms with E-state index in [-0.39, 0.29) is 17.2 Å². The van der Waals surface area contributed by atoms with Gasteiger partial charge in [-0.3, -0.25) is 4.79 Å². The second kappa shape index (κ2) is 8.86. The summed E-state index contributed by atoms with van der Waals surface area (Å²) in [4.78, 5) is 23.8. The highest BCUT2D eigenvalue weighted by atomic mass is 16.5. The number of rotatable bonds is 4. The van der Waals surface area contributed by atoms with Gasteiger partial charge in [-0.05, 0) is 44.1 Å². The van der Waals surface area contributed by atoms with Gasteiger partial charge in [-0.1, -0.05) is 0 Å². The fourth-order valence-corrected chi connectivity index (χ4v) is 5.07. The molecule has 3 aliphatic rings. The number of fused-ring (bicyclic) bond motifs is 1. The average Bonchev–Trinajstić information content (AvgIpc) is 3.49. The van der Waals surface area contributed by atoms with Crippen LogP contribution in [0, 0.1) is 0 Å². The lowest BCUT2D eigenvalue weighted by atomic mass is 9.88. The van der Waals surface area contributed by atoms with Crippen molar-refractivity contribution < 1.29 is 18.7 Å². The second-order valence-electron chi connectivity index (χ2n) is 9.25. The third kappa shape index (κ3) is 4.30. The first-order valence-corrected chi connectivity index (χ1v) is 12.0. The number of nitrogens with one attached hydrogen (secondary N) is 2. The van der Waals surface area contributed by atoms with E-state index in [0.29, 0.717) is 30.5 Å². The van der Waals surface area contributed by atoms with Gasteiger partial charge < -0.3 is 35.2 Å². The van der Waals surface area contributed by atoms with Crippen LogP contribution in [-0.4, -0.2) is 60.9 Å². The maximum Gasteiger partial charge on any atom is 0.277 e. The lowest BCUT2D eigenvalue weighted by molar-refractivity contribution is 0.0600. The zero-order valence-corrected chi connectivity index (χ0v) is 19.4. The van der Waals surface area contributed by atoms with Crippen LogP contribution in [0.25, 0.3) is 11.5 Å². The van der Waals surface area contributed by atoms with Crippen LogP contribution < -0.4 is 26.0 Å². The predicted molar refractivity (Wildman–Crippen MR) is 131 cm³/mol. The van der Waals surface area contributed by atoms with E-state index in [9.17, 15) is 4.79 Å². The Morgan fingerprint density at radius 1 is 1.17 bits per heavy atom. The van der Waals surface area contributed by atoms with Gasteiger partial charge in [-0.2, -0.15) is 0 Å². The van der Waals surface area contributed by atoms with E-state index in [1.54, 1.807) is 18.3 Å². The number of benzene rings is 1. The van der Waals surface area contributed by atoms with Crippen LogP contribution in [0.15, 0.2) is 41.1 Å². The SMILES string of the molecule is Nc1cc(-c2nc(C(=O)Nc3cc4c(cc3N3CCOCC3)OC3(CCNCC3)C4)co2)ccn1. The first-order valence-electron chi connectivity index (χ1n) is 12.0. The van der Waals surface area contributed by atoms with Crippen LogP contribution in [0.5, 0.6) is 5.75 Å². The number of nitrogens with two attached hydrogens (primary N) is 1. The highest BCUT2D eigenvalue weighted by Crippen LogP contribution is 2.45. The van der Waals surface area contributed by atoms with E-state index >= 15 is 0 Å². The zero-order chi connectivity index (χ0) is 23.8. The van der Waals surface area contributed by atoms with Gasteiger partial charge in [0.15, 0.2) is 5.69 Å². The van der Waals surface area contributed by atoms with Crippen molar-refractivity contribution in [2.24, 2.45) is 0 Å². The molecule has 0 bridgehead atoms. The first kappa shape index (κ1) is 21.9. The Balaban J connectivity index is 1.29. The van der Waals surface area contributed by atoms with E-state index in [0.717, 1.165) is 68.1 Å². The van der Waals surface area contributed by atoms with Gasteiger partial charge in [0.2, 0.25) is 5.89 Å². The number of oxazole rings is 1. The van der Waals surface area contributed by atoms with E-state index in [1.807, 2.05) is 0 Å². The number of pyridine rings is 1. The quantitative estimate of drug-likeness (QED) is 0.520. The van der Waals surface area contributed by atoms with Gasteiger partial charge >= 0.3 is 0 Å². The summed E-state index contributed by atoms with van der Waals surface area (Å²) in [6, 6.07) is 7.51. The molecule has 2 aromatic heterocycles. The summed E-state index contributed by atoms with van der Waals surface area (Å²) in [7, 11) is 0. The molecule has 6 rings (SSSR count). The van der Waals surface area contributed by atoms with E-state index < -0.39 is 0 Å². The molecule has 0 radical (unpaired) electrons. The number of morpholine rings is 1. The number of nitrogens with zero attached hydrogens (tertiary/aromatic N) is 3. The van der Waals surface area contributed by atoms with Gasteiger partial charge in [-0.15, -0.1) is 0 Å². The molecule has 5 heterocycles. The Hall–Kier alpha value is -3.63. The molecular weight excluding hydrogens is 448 g/mol. The van der Waals surface area contributed by atoms with Gasteiger partial charge in [0.25, 0.3) is 5.91 Å². The molecule has 2 saturated heterocycles. The highest BCUT2D eigenvalue weighted by Gasteiger charge is 2.41. The predicted octanol–water partition coefficient (Wildman–Crippen LogP) is 2.46. The fraction of sp³-hybridized carbons (Fsp3) is 0.400. The minimum Gasteiger partial charge on any atom is -0.486 e. The Morgan fingerprint density at radius 2 is 2.00 bits per heavy atom. The molecule has 1 amide bonds. The maximum atomic E-state index is 13.2. The van der Waals surface area contributed by atoms with Crippen LogP contribution in [0.2, 0.25) is 0 Å². The number of amides is 1. The third-order valence-corrected chi connectivity index (χ3v) is 6.90. The summed E-state index contributed by atoms with van der Waals surface area (Å²) >= 11 is 0. The molecule has 0 aliphatic carbocycles. The van der Waals surface area contributed by atoms with Crippen LogP contribution >= 0.6 is 0 Å². The summed E-state index contributed by atoms with van der Waals surface area (Å²) in [6.07, 6.45) is 5.71. The zero-order valence-electron chi connectivity index (χ0n) is 19.4. The Labute approximate surface area is 202 Å². The number of ether oxygens (including phenoxy) is 2. The molecule has 2 fully saturated rings. The molecule has 10 heteroatoms. The van der Waals surface area contributed by atoms with Crippen molar-refractivity contribution in [3.8, 4) is 17.2 Å². The summed E-state index contributed by atoms with van der Waals surface area (Å²) in [5, 5.41) is 6.49. The number of nitrogen functional groups attached to an aromatic ring is 1. The summed E-state index contributed by atoms with van der Waals surface area (Å²) in [5.41, 5.74) is 9.23. The molecule has 4 N–H and O–H groups in total. The number of carbonyl (C=O) groups excluding carboxylic acids is 1. The maximum absolute atomic E-state index is 13.2. The summed E-state index contributed by atoms with van der Waals surface area (Å²) in [5.74, 6) is 1.24. The van der Waals surface area contributed by atoms with Gasteiger partial charge in [0, 0.05) is 42.9 Å². The highest BCUT2D eigenvalue weighted by molar-refractivity contribution is 6.05. The minimum atomic E-state index is -0.341. The van der Waals surface area contributed by atoms with Crippen molar-refractivity contribution >= 4 is 23.1 Å². The van der Waals surface area contributed by atoms with Gasteiger partial charge in [-0.25, -0.2) is 9.97 Å². The monoisotopic (exact) mass is 476 g/mol. The number of aromatic nitrogens is 2. The molecule has 0 atom stereocenters. The van der Waals surface area contributed by atoms with Crippen molar-refractivity contribution in [2.75, 3.05) is 55.3 Å². The molecular formula is C25H28N6O4. The third-order valence-electron chi connectivity index (χ3n) is 6.90. The molecule has 35 heavy (non-hydrogen) atoms. The molecule has 1 aromatic carbocycles. The minimum absolute atomic E-state index is 0.161. The Kier molecular flexibility index (Phi) is 5.54. The summed E-state index contributed by atoms with van der Waals surface area (Å²) < 4.78 is 17.6. The van der Waals surface area contributed by atoms with Crippen LogP contribution in [0.1, 0.15) is 28.9 Å². The molecule has 10 nitrogen and oxygen atoms in total. The lowest BCUT2D eigenvalue weighted by Crippen LogP contribution is -2.45. The Morgan fingerprint density at radius 3 is 2.80 bits per heavy atom. The van der Waals surface area contributed by atoms with Crippen molar-refractivity contribution in [2.45, 2.75) is 24.9 Å². The average molecular weight is 477 g/mol. The van der Waals surface area contributed by atoms with Crippen molar-refractivity contribution in [1.82, 2.24) is 15.3 Å². The smallest absolute Gasteiger partial charge is 0.277 e. The summed E-state index contributed by atoms with van der Waals surface area (Å²) in [6.45, 7) is 4.67.